The van der Waals surface area contributed by atoms with E-state index in [4.69, 9.17) is 14.6 Å². The third-order valence-electron chi connectivity index (χ3n) is 3.09. The fourth-order valence-electron chi connectivity index (χ4n) is 2.32. The van der Waals surface area contributed by atoms with Crippen LogP contribution in [0.3, 0.4) is 0 Å². The van der Waals surface area contributed by atoms with Crippen molar-refractivity contribution >= 4 is 5.97 Å². The van der Waals surface area contributed by atoms with Crippen LogP contribution in [0, 0.1) is 5.92 Å². The van der Waals surface area contributed by atoms with Crippen LogP contribution in [-0.2, 0) is 14.3 Å². The van der Waals surface area contributed by atoms with E-state index in [1.807, 2.05) is 0 Å². The Morgan fingerprint density at radius 2 is 2.41 bits per heavy atom. The van der Waals surface area contributed by atoms with Crippen molar-refractivity contribution in [3.63, 3.8) is 0 Å². The smallest absolute Gasteiger partial charge is 0.302 e. The summed E-state index contributed by atoms with van der Waals surface area (Å²) < 4.78 is 11.0. The van der Waals surface area contributed by atoms with E-state index in [0.29, 0.717) is 5.92 Å². The Kier molecular flexibility index (Phi) is 5.65. The van der Waals surface area contributed by atoms with Crippen LogP contribution in [-0.4, -0.2) is 36.0 Å². The van der Waals surface area contributed by atoms with Gasteiger partial charge in [-0.1, -0.05) is 13.0 Å². The lowest BCUT2D eigenvalue weighted by atomic mass is 9.95. The van der Waals surface area contributed by atoms with Gasteiger partial charge < -0.3 is 14.6 Å². The number of aliphatic hydroxyl groups is 1. The summed E-state index contributed by atoms with van der Waals surface area (Å²) in [6.07, 6.45) is 3.64. The van der Waals surface area contributed by atoms with E-state index in [-0.39, 0.29) is 30.9 Å². The molecular weight excluding hydrogens is 220 g/mol. The molecule has 0 spiro atoms. The van der Waals surface area contributed by atoms with E-state index in [9.17, 15) is 4.79 Å². The van der Waals surface area contributed by atoms with Crippen molar-refractivity contribution in [3.05, 3.63) is 12.7 Å². The summed E-state index contributed by atoms with van der Waals surface area (Å²) in [5.74, 6) is 0.00336. The fourth-order valence-corrected chi connectivity index (χ4v) is 2.32. The lowest BCUT2D eigenvalue weighted by Gasteiger charge is -2.25. The monoisotopic (exact) mass is 242 g/mol. The summed E-state index contributed by atoms with van der Waals surface area (Å²) in [5, 5.41) is 9.09. The Morgan fingerprint density at radius 3 is 2.88 bits per heavy atom. The van der Waals surface area contributed by atoms with Gasteiger partial charge in [0.2, 0.25) is 0 Å². The number of ether oxygens (including phenoxy) is 2. The fraction of sp³-hybridized carbons (Fsp3) is 0.769. The van der Waals surface area contributed by atoms with Crippen molar-refractivity contribution in [1.82, 2.24) is 0 Å². The van der Waals surface area contributed by atoms with Crippen molar-refractivity contribution in [1.29, 1.82) is 0 Å². The molecule has 0 aliphatic carbocycles. The standard InChI is InChI=1S/C13H22O4/c1-4-5-6-12(16-10(3)15)13-9(2)7-11(8-14)17-13/h4,9,11-14H,1,5-8H2,2-3H3/t9-,11+,12+,13+/m0/s1. The zero-order valence-corrected chi connectivity index (χ0v) is 10.6. The van der Waals surface area contributed by atoms with Gasteiger partial charge in [0.1, 0.15) is 6.10 Å². The van der Waals surface area contributed by atoms with Crippen molar-refractivity contribution in [2.75, 3.05) is 6.61 Å². The number of rotatable bonds is 6. The Bertz CT molecular complexity index is 264. The molecule has 0 aromatic heterocycles. The number of carbonyl (C=O) groups is 1. The number of allylic oxidation sites excluding steroid dienone is 1. The topological polar surface area (TPSA) is 55.8 Å². The van der Waals surface area contributed by atoms with Crippen LogP contribution in [0.1, 0.15) is 33.1 Å². The first-order chi connectivity index (χ1) is 8.08. The van der Waals surface area contributed by atoms with Gasteiger partial charge in [0.15, 0.2) is 0 Å². The number of hydrogen-bond donors (Lipinski definition) is 1. The molecule has 0 aromatic rings. The second kappa shape index (κ2) is 6.77. The van der Waals surface area contributed by atoms with Crippen molar-refractivity contribution in [2.45, 2.75) is 51.4 Å². The quantitative estimate of drug-likeness (QED) is 0.568. The molecule has 0 amide bonds. The molecule has 98 valence electrons. The zero-order valence-electron chi connectivity index (χ0n) is 10.6. The molecule has 4 atom stereocenters. The molecule has 1 aliphatic heterocycles. The Labute approximate surface area is 103 Å². The predicted octanol–water partition coefficient (Wildman–Crippen LogP) is 1.67. The predicted molar refractivity (Wildman–Crippen MR) is 64.5 cm³/mol. The number of carbonyl (C=O) groups excluding carboxylic acids is 1. The second-order valence-corrected chi connectivity index (χ2v) is 4.63. The highest BCUT2D eigenvalue weighted by Crippen LogP contribution is 2.31. The van der Waals surface area contributed by atoms with Gasteiger partial charge in [0, 0.05) is 6.92 Å². The van der Waals surface area contributed by atoms with Crippen LogP contribution in [0.15, 0.2) is 12.7 Å². The maximum Gasteiger partial charge on any atom is 0.302 e. The van der Waals surface area contributed by atoms with E-state index < -0.39 is 0 Å². The molecule has 0 saturated carbocycles. The summed E-state index contributed by atoms with van der Waals surface area (Å²) in [6, 6.07) is 0. The third-order valence-corrected chi connectivity index (χ3v) is 3.09. The van der Waals surface area contributed by atoms with Crippen LogP contribution >= 0.6 is 0 Å². The largest absolute Gasteiger partial charge is 0.460 e. The van der Waals surface area contributed by atoms with E-state index in [1.165, 1.54) is 6.92 Å². The van der Waals surface area contributed by atoms with Crippen molar-refractivity contribution in [2.24, 2.45) is 5.92 Å². The molecule has 1 fully saturated rings. The first-order valence-corrected chi connectivity index (χ1v) is 6.13. The summed E-state index contributed by atoms with van der Waals surface area (Å²) in [6.45, 7) is 7.16. The van der Waals surface area contributed by atoms with Gasteiger partial charge in [-0.2, -0.15) is 0 Å². The van der Waals surface area contributed by atoms with Gasteiger partial charge in [0.05, 0.1) is 18.8 Å². The van der Waals surface area contributed by atoms with Crippen molar-refractivity contribution in [3.8, 4) is 0 Å². The van der Waals surface area contributed by atoms with Gasteiger partial charge in [-0.3, -0.25) is 4.79 Å². The highest BCUT2D eigenvalue weighted by Gasteiger charge is 2.38. The number of esters is 1. The highest BCUT2D eigenvalue weighted by atomic mass is 16.6. The Morgan fingerprint density at radius 1 is 1.71 bits per heavy atom. The molecule has 1 saturated heterocycles. The maximum absolute atomic E-state index is 11.1. The molecule has 0 aromatic carbocycles. The van der Waals surface area contributed by atoms with Gasteiger partial charge in [-0.05, 0) is 25.2 Å². The summed E-state index contributed by atoms with van der Waals surface area (Å²) in [7, 11) is 0. The molecule has 0 unspecified atom stereocenters. The molecule has 17 heavy (non-hydrogen) atoms. The summed E-state index contributed by atoms with van der Waals surface area (Å²) in [5.41, 5.74) is 0. The van der Waals surface area contributed by atoms with Gasteiger partial charge >= 0.3 is 5.97 Å². The van der Waals surface area contributed by atoms with Gasteiger partial charge in [0.25, 0.3) is 0 Å². The van der Waals surface area contributed by atoms with E-state index in [2.05, 4.69) is 13.5 Å². The summed E-state index contributed by atoms with van der Waals surface area (Å²) >= 11 is 0. The SMILES string of the molecule is C=CCC[C@@H](OC(C)=O)[C@@H]1O[C@@H](CO)C[C@@H]1C. The maximum atomic E-state index is 11.1. The van der Waals surface area contributed by atoms with Gasteiger partial charge in [-0.15, -0.1) is 6.58 Å². The minimum atomic E-state index is -0.290. The first-order valence-electron chi connectivity index (χ1n) is 6.13. The third kappa shape index (κ3) is 4.13. The van der Waals surface area contributed by atoms with Gasteiger partial charge in [-0.25, -0.2) is 0 Å². The van der Waals surface area contributed by atoms with Crippen LogP contribution in [0.25, 0.3) is 0 Å². The van der Waals surface area contributed by atoms with Crippen LogP contribution in [0.4, 0.5) is 0 Å². The molecule has 0 radical (unpaired) electrons. The molecule has 1 rings (SSSR count). The highest BCUT2D eigenvalue weighted by molar-refractivity contribution is 5.66. The zero-order chi connectivity index (χ0) is 12.8. The first kappa shape index (κ1) is 14.2. The minimum absolute atomic E-state index is 0.0229. The van der Waals surface area contributed by atoms with Crippen LogP contribution < -0.4 is 0 Å². The molecule has 4 heteroatoms. The lowest BCUT2D eigenvalue weighted by Crippen LogP contribution is -2.34. The van der Waals surface area contributed by atoms with E-state index in [1.54, 1.807) is 6.08 Å². The molecule has 1 aliphatic rings. The molecule has 0 bridgehead atoms. The van der Waals surface area contributed by atoms with Crippen LogP contribution in [0.2, 0.25) is 0 Å². The van der Waals surface area contributed by atoms with E-state index >= 15 is 0 Å². The molecular formula is C13H22O4. The van der Waals surface area contributed by atoms with E-state index in [0.717, 1.165) is 19.3 Å². The second-order valence-electron chi connectivity index (χ2n) is 4.63. The molecule has 1 N–H and O–H groups in total. The summed E-state index contributed by atoms with van der Waals surface area (Å²) in [4.78, 5) is 11.1. The average Bonchev–Trinajstić information content (AvgIpc) is 2.65. The Hall–Kier alpha value is -0.870. The number of hydrogen-bond acceptors (Lipinski definition) is 4. The van der Waals surface area contributed by atoms with Crippen molar-refractivity contribution < 1.29 is 19.4 Å². The lowest BCUT2D eigenvalue weighted by molar-refractivity contribution is -0.156. The number of aliphatic hydroxyl groups excluding tert-OH is 1. The molecule has 1 heterocycles. The average molecular weight is 242 g/mol. The Balaban J connectivity index is 2.61. The molecule has 4 nitrogen and oxygen atoms in total. The van der Waals surface area contributed by atoms with Crippen LogP contribution in [0.5, 0.6) is 0 Å². The normalized spacial score (nSPS) is 29.9. The minimum Gasteiger partial charge on any atom is -0.460 e.